The third-order valence-electron chi connectivity index (χ3n) is 9.96. The second-order valence-corrected chi connectivity index (χ2v) is 11.7. The van der Waals surface area contributed by atoms with E-state index in [1.807, 2.05) is 0 Å². The standard InChI is InChI=1S/C28H50O2/c1-5-6-7-8-14-26(30)25-16-15-22-11-9-12-23-20-24(29)13-10-18-27(23,3)21(2)17-19-28(22,25)4/h12,21-22,24-26,29-30H,5-11,13-20H2,1-4H3/b23-12-/t21?,22?,24-,25?,26-,27+,28-/m0/s1. The first-order valence-electron chi connectivity index (χ1n) is 13.4. The zero-order valence-corrected chi connectivity index (χ0v) is 20.5. The van der Waals surface area contributed by atoms with E-state index in [-0.39, 0.29) is 17.6 Å². The predicted octanol–water partition coefficient (Wildman–Crippen LogP) is 7.43. The molecule has 7 atom stereocenters. The summed E-state index contributed by atoms with van der Waals surface area (Å²) in [6.45, 7) is 9.74. The van der Waals surface area contributed by atoms with E-state index in [0.29, 0.717) is 17.3 Å². The highest BCUT2D eigenvalue weighted by atomic mass is 16.3. The summed E-state index contributed by atoms with van der Waals surface area (Å²) in [6, 6.07) is 0. The zero-order chi connectivity index (χ0) is 21.8. The number of aliphatic hydroxyl groups is 2. The molecule has 2 fully saturated rings. The molecule has 0 spiro atoms. The van der Waals surface area contributed by atoms with Gasteiger partial charge >= 0.3 is 0 Å². The van der Waals surface area contributed by atoms with E-state index in [2.05, 4.69) is 33.8 Å². The predicted molar refractivity (Wildman–Crippen MR) is 127 cm³/mol. The van der Waals surface area contributed by atoms with Gasteiger partial charge in [0.05, 0.1) is 12.2 Å². The molecule has 0 amide bonds. The van der Waals surface area contributed by atoms with Crippen LogP contribution in [0.2, 0.25) is 0 Å². The average Bonchev–Trinajstić information content (AvgIpc) is 2.95. The molecule has 2 heteroatoms. The molecule has 0 aromatic heterocycles. The maximum atomic E-state index is 11.2. The van der Waals surface area contributed by atoms with Crippen LogP contribution < -0.4 is 0 Å². The van der Waals surface area contributed by atoms with Gasteiger partial charge in [-0.15, -0.1) is 0 Å². The first-order chi connectivity index (χ1) is 14.3. The van der Waals surface area contributed by atoms with E-state index in [1.165, 1.54) is 64.2 Å². The number of aliphatic hydroxyl groups excluding tert-OH is 2. The molecule has 0 aromatic carbocycles. The minimum absolute atomic E-state index is 0.107. The van der Waals surface area contributed by atoms with Crippen LogP contribution in [0.1, 0.15) is 124 Å². The third kappa shape index (κ3) is 5.17. The van der Waals surface area contributed by atoms with Crippen LogP contribution in [0.3, 0.4) is 0 Å². The lowest BCUT2D eigenvalue weighted by Gasteiger charge is -2.44. The zero-order valence-electron chi connectivity index (χ0n) is 20.5. The first kappa shape index (κ1) is 24.3. The lowest BCUT2D eigenvalue weighted by Crippen LogP contribution is -2.38. The number of rotatable bonds is 6. The number of fused-ring (bicyclic) bond motifs is 2. The summed E-state index contributed by atoms with van der Waals surface area (Å²) in [6.07, 6.45) is 20.0. The molecule has 3 aliphatic rings. The van der Waals surface area contributed by atoms with Crippen molar-refractivity contribution in [3.05, 3.63) is 11.6 Å². The first-order valence-corrected chi connectivity index (χ1v) is 13.4. The Bertz CT molecular complexity index is 569. The molecule has 3 rings (SSSR count). The SMILES string of the molecule is CCCCCC[C@H](O)C1CCC2CC/C=C3/C[C@@H](O)CCC[C@]3(C)C(C)CC[C@@]21C. The fourth-order valence-electron chi connectivity index (χ4n) is 7.46. The molecule has 0 radical (unpaired) electrons. The smallest absolute Gasteiger partial charge is 0.0577 e. The molecule has 0 bridgehead atoms. The average molecular weight is 419 g/mol. The van der Waals surface area contributed by atoms with E-state index >= 15 is 0 Å². The lowest BCUT2D eigenvalue weighted by molar-refractivity contribution is 0.00618. The monoisotopic (exact) mass is 418 g/mol. The second kappa shape index (κ2) is 10.5. The summed E-state index contributed by atoms with van der Waals surface area (Å²) in [5.74, 6) is 1.88. The normalized spacial score (nSPS) is 43.1. The molecule has 30 heavy (non-hydrogen) atoms. The minimum Gasteiger partial charge on any atom is -0.393 e. The van der Waals surface area contributed by atoms with Gasteiger partial charge in [0.15, 0.2) is 0 Å². The van der Waals surface area contributed by atoms with Crippen LogP contribution in [0, 0.1) is 28.6 Å². The van der Waals surface area contributed by atoms with Crippen LogP contribution in [0.5, 0.6) is 0 Å². The number of unbranched alkanes of at least 4 members (excludes halogenated alkanes) is 3. The van der Waals surface area contributed by atoms with Crippen molar-refractivity contribution in [1.82, 2.24) is 0 Å². The molecule has 0 aliphatic heterocycles. The number of allylic oxidation sites excluding steroid dienone is 1. The van der Waals surface area contributed by atoms with Gasteiger partial charge in [0.1, 0.15) is 0 Å². The van der Waals surface area contributed by atoms with Crippen molar-refractivity contribution >= 4 is 0 Å². The largest absolute Gasteiger partial charge is 0.393 e. The van der Waals surface area contributed by atoms with Crippen LogP contribution in [-0.4, -0.2) is 22.4 Å². The topological polar surface area (TPSA) is 40.5 Å². The Morgan fingerprint density at radius 2 is 1.83 bits per heavy atom. The summed E-state index contributed by atoms with van der Waals surface area (Å²) in [4.78, 5) is 0. The van der Waals surface area contributed by atoms with Crippen LogP contribution in [-0.2, 0) is 0 Å². The molecular weight excluding hydrogens is 368 g/mol. The van der Waals surface area contributed by atoms with E-state index < -0.39 is 0 Å². The van der Waals surface area contributed by atoms with Crippen LogP contribution in [0.15, 0.2) is 11.6 Å². The molecule has 0 heterocycles. The molecule has 0 aromatic rings. The van der Waals surface area contributed by atoms with E-state index in [1.54, 1.807) is 5.57 Å². The summed E-state index contributed by atoms with van der Waals surface area (Å²) < 4.78 is 0. The second-order valence-electron chi connectivity index (χ2n) is 11.7. The van der Waals surface area contributed by atoms with Gasteiger partial charge in [-0.2, -0.15) is 0 Å². The van der Waals surface area contributed by atoms with Crippen molar-refractivity contribution in [1.29, 1.82) is 0 Å². The van der Waals surface area contributed by atoms with Gasteiger partial charge in [-0.3, -0.25) is 0 Å². The van der Waals surface area contributed by atoms with Gasteiger partial charge in [-0.1, -0.05) is 65.0 Å². The van der Waals surface area contributed by atoms with Crippen LogP contribution in [0.4, 0.5) is 0 Å². The molecule has 2 N–H and O–H groups in total. The third-order valence-corrected chi connectivity index (χ3v) is 9.96. The molecule has 2 saturated carbocycles. The van der Waals surface area contributed by atoms with Gasteiger partial charge in [0.25, 0.3) is 0 Å². The van der Waals surface area contributed by atoms with Gasteiger partial charge in [0.2, 0.25) is 0 Å². The fourth-order valence-corrected chi connectivity index (χ4v) is 7.46. The molecule has 3 aliphatic carbocycles. The summed E-state index contributed by atoms with van der Waals surface area (Å²) in [5.41, 5.74) is 2.09. The van der Waals surface area contributed by atoms with Gasteiger partial charge < -0.3 is 10.2 Å². The molecule has 2 nitrogen and oxygen atoms in total. The van der Waals surface area contributed by atoms with E-state index in [9.17, 15) is 10.2 Å². The highest BCUT2D eigenvalue weighted by molar-refractivity contribution is 5.18. The number of hydrogen-bond donors (Lipinski definition) is 2. The summed E-state index contributed by atoms with van der Waals surface area (Å²) in [5, 5.41) is 21.6. The molecule has 0 saturated heterocycles. The van der Waals surface area contributed by atoms with Crippen molar-refractivity contribution in [3.63, 3.8) is 0 Å². The quantitative estimate of drug-likeness (QED) is 0.348. The minimum atomic E-state index is -0.141. The summed E-state index contributed by atoms with van der Waals surface area (Å²) in [7, 11) is 0. The maximum Gasteiger partial charge on any atom is 0.0577 e. The van der Waals surface area contributed by atoms with E-state index in [0.717, 1.165) is 38.0 Å². The Kier molecular flexibility index (Phi) is 8.52. The highest BCUT2D eigenvalue weighted by Gasteiger charge is 2.49. The van der Waals surface area contributed by atoms with Gasteiger partial charge in [-0.05, 0) is 99.2 Å². The van der Waals surface area contributed by atoms with Gasteiger partial charge in [-0.25, -0.2) is 0 Å². The Morgan fingerprint density at radius 1 is 1.03 bits per heavy atom. The van der Waals surface area contributed by atoms with Crippen molar-refractivity contribution < 1.29 is 10.2 Å². The van der Waals surface area contributed by atoms with E-state index in [4.69, 9.17) is 0 Å². The maximum absolute atomic E-state index is 11.2. The van der Waals surface area contributed by atoms with Crippen molar-refractivity contribution in [2.75, 3.05) is 0 Å². The molecular formula is C28H50O2. The Labute approximate surface area is 186 Å². The van der Waals surface area contributed by atoms with Crippen molar-refractivity contribution in [3.8, 4) is 0 Å². The van der Waals surface area contributed by atoms with Crippen LogP contribution in [0.25, 0.3) is 0 Å². The van der Waals surface area contributed by atoms with Gasteiger partial charge in [0, 0.05) is 0 Å². The fraction of sp³-hybridized carbons (Fsp3) is 0.929. The Hall–Kier alpha value is -0.340. The molecule has 174 valence electrons. The Morgan fingerprint density at radius 3 is 2.60 bits per heavy atom. The van der Waals surface area contributed by atoms with Crippen LogP contribution >= 0.6 is 0 Å². The summed E-state index contributed by atoms with van der Waals surface area (Å²) >= 11 is 0. The lowest BCUT2D eigenvalue weighted by atomic mass is 9.61. The highest BCUT2D eigenvalue weighted by Crippen LogP contribution is 2.57. The van der Waals surface area contributed by atoms with Crippen molar-refractivity contribution in [2.24, 2.45) is 28.6 Å². The Balaban J connectivity index is 1.75. The number of hydrogen-bond acceptors (Lipinski definition) is 2. The van der Waals surface area contributed by atoms with Crippen molar-refractivity contribution in [2.45, 2.75) is 136 Å². The molecule has 3 unspecified atom stereocenters.